The Bertz CT molecular complexity index is 181. The van der Waals surface area contributed by atoms with E-state index in [1.165, 1.54) is 44.9 Å². The molecule has 2 N–H and O–H groups in total. The summed E-state index contributed by atoms with van der Waals surface area (Å²) >= 11 is 0. The minimum absolute atomic E-state index is 0.260. The van der Waals surface area contributed by atoms with E-state index in [9.17, 15) is 0 Å². The van der Waals surface area contributed by atoms with Crippen LogP contribution in [0.5, 0.6) is 0 Å². The average molecular weight is 181 g/mol. The van der Waals surface area contributed by atoms with Crippen molar-refractivity contribution in [1.29, 1.82) is 0 Å². The fraction of sp³-hybridized carbons (Fsp3) is 1.00. The third-order valence-corrected chi connectivity index (χ3v) is 4.44. The lowest BCUT2D eigenvalue weighted by atomic mass is 9.61. The normalized spacial score (nSPS) is 32.5. The molecule has 0 aromatic carbocycles. The van der Waals surface area contributed by atoms with Gasteiger partial charge in [-0.3, -0.25) is 0 Å². The molecule has 2 fully saturated rings. The van der Waals surface area contributed by atoms with Crippen LogP contribution in [0.1, 0.15) is 58.8 Å². The highest BCUT2D eigenvalue weighted by Crippen LogP contribution is 2.47. The van der Waals surface area contributed by atoms with Crippen LogP contribution >= 0.6 is 0 Å². The van der Waals surface area contributed by atoms with Gasteiger partial charge in [0.05, 0.1) is 0 Å². The lowest BCUT2D eigenvalue weighted by molar-refractivity contribution is 0.0780. The fourth-order valence-electron chi connectivity index (χ4n) is 2.97. The zero-order valence-electron chi connectivity index (χ0n) is 9.10. The van der Waals surface area contributed by atoms with Crippen molar-refractivity contribution in [2.24, 2.45) is 17.1 Å². The second kappa shape index (κ2) is 2.98. The van der Waals surface area contributed by atoms with Gasteiger partial charge in [0.2, 0.25) is 0 Å². The number of nitrogens with two attached hydrogens (primary N) is 1. The van der Waals surface area contributed by atoms with E-state index in [0.29, 0.717) is 5.41 Å². The van der Waals surface area contributed by atoms with Crippen molar-refractivity contribution in [1.82, 2.24) is 0 Å². The molecule has 0 spiro atoms. The molecule has 0 saturated heterocycles. The Morgan fingerprint density at radius 1 is 1.00 bits per heavy atom. The molecule has 0 aromatic rings. The average Bonchev–Trinajstić information content (AvgIpc) is 2.00. The molecule has 0 heterocycles. The molecule has 1 heteroatoms. The van der Waals surface area contributed by atoms with Gasteiger partial charge in [0.1, 0.15) is 0 Å². The standard InChI is InChI=1S/C12H23N/c1-11(2)8-4-10(5-9-11)12(13)6-3-7-12/h10H,3-9,13H2,1-2H3. The van der Waals surface area contributed by atoms with Gasteiger partial charge in [-0.05, 0) is 56.3 Å². The molecular formula is C12H23N. The Kier molecular flexibility index (Phi) is 2.18. The first-order valence-corrected chi connectivity index (χ1v) is 5.81. The summed E-state index contributed by atoms with van der Waals surface area (Å²) in [5, 5.41) is 0. The van der Waals surface area contributed by atoms with E-state index in [0.717, 1.165) is 5.92 Å². The Morgan fingerprint density at radius 3 is 1.92 bits per heavy atom. The zero-order valence-corrected chi connectivity index (χ0v) is 9.10. The Labute approximate surface area is 82.1 Å². The van der Waals surface area contributed by atoms with E-state index in [-0.39, 0.29) is 5.54 Å². The van der Waals surface area contributed by atoms with Crippen molar-refractivity contribution in [2.45, 2.75) is 64.3 Å². The predicted molar refractivity (Wildman–Crippen MR) is 56.5 cm³/mol. The van der Waals surface area contributed by atoms with Gasteiger partial charge < -0.3 is 5.73 Å². The van der Waals surface area contributed by atoms with Crippen molar-refractivity contribution in [2.75, 3.05) is 0 Å². The van der Waals surface area contributed by atoms with Crippen molar-refractivity contribution in [3.63, 3.8) is 0 Å². The molecule has 0 amide bonds. The van der Waals surface area contributed by atoms with Crippen LogP contribution < -0.4 is 5.73 Å². The maximum Gasteiger partial charge on any atom is 0.0182 e. The van der Waals surface area contributed by atoms with Gasteiger partial charge in [-0.1, -0.05) is 13.8 Å². The summed E-state index contributed by atoms with van der Waals surface area (Å²) < 4.78 is 0. The molecule has 76 valence electrons. The number of hydrogen-bond acceptors (Lipinski definition) is 1. The van der Waals surface area contributed by atoms with Crippen molar-refractivity contribution in [3.05, 3.63) is 0 Å². The Hall–Kier alpha value is -0.0400. The van der Waals surface area contributed by atoms with Gasteiger partial charge in [-0.15, -0.1) is 0 Å². The predicted octanol–water partition coefficient (Wildman–Crippen LogP) is 3.08. The quantitative estimate of drug-likeness (QED) is 0.661. The molecule has 0 aromatic heterocycles. The molecule has 1 nitrogen and oxygen atoms in total. The first-order chi connectivity index (χ1) is 6.02. The summed E-state index contributed by atoms with van der Waals surface area (Å²) in [4.78, 5) is 0. The highest BCUT2D eigenvalue weighted by Gasteiger charge is 2.42. The molecule has 0 aliphatic heterocycles. The van der Waals surface area contributed by atoms with E-state index < -0.39 is 0 Å². The third kappa shape index (κ3) is 1.76. The molecule has 2 rings (SSSR count). The number of hydrogen-bond donors (Lipinski definition) is 1. The highest BCUT2D eigenvalue weighted by molar-refractivity contribution is 5.00. The summed E-state index contributed by atoms with van der Waals surface area (Å²) in [5.41, 5.74) is 7.22. The van der Waals surface area contributed by atoms with Gasteiger partial charge in [0, 0.05) is 5.54 Å². The van der Waals surface area contributed by atoms with Crippen LogP contribution in [0.25, 0.3) is 0 Å². The summed E-state index contributed by atoms with van der Waals surface area (Å²) in [6.07, 6.45) is 9.48. The molecular weight excluding hydrogens is 158 g/mol. The Morgan fingerprint density at radius 2 is 1.54 bits per heavy atom. The number of rotatable bonds is 1. The highest BCUT2D eigenvalue weighted by atomic mass is 14.8. The minimum Gasteiger partial charge on any atom is -0.325 e. The monoisotopic (exact) mass is 181 g/mol. The van der Waals surface area contributed by atoms with Gasteiger partial charge >= 0.3 is 0 Å². The molecule has 2 saturated carbocycles. The molecule has 0 unspecified atom stereocenters. The van der Waals surface area contributed by atoms with Gasteiger partial charge in [-0.2, -0.15) is 0 Å². The lowest BCUT2D eigenvalue weighted by Gasteiger charge is -2.49. The van der Waals surface area contributed by atoms with E-state index >= 15 is 0 Å². The first kappa shape index (κ1) is 9.51. The molecule has 2 aliphatic rings. The topological polar surface area (TPSA) is 26.0 Å². The molecule has 13 heavy (non-hydrogen) atoms. The summed E-state index contributed by atoms with van der Waals surface area (Å²) in [7, 11) is 0. The summed E-state index contributed by atoms with van der Waals surface area (Å²) in [5.74, 6) is 0.842. The van der Waals surface area contributed by atoms with E-state index in [2.05, 4.69) is 13.8 Å². The third-order valence-electron chi connectivity index (χ3n) is 4.44. The SMILES string of the molecule is CC1(C)CCC(C2(N)CCC2)CC1. The fourth-order valence-corrected chi connectivity index (χ4v) is 2.97. The van der Waals surface area contributed by atoms with Crippen LogP contribution in [0.15, 0.2) is 0 Å². The molecule has 0 atom stereocenters. The van der Waals surface area contributed by atoms with Crippen molar-refractivity contribution in [3.8, 4) is 0 Å². The maximum atomic E-state index is 6.37. The second-order valence-corrected chi connectivity index (χ2v) is 6.03. The molecule has 2 aliphatic carbocycles. The smallest absolute Gasteiger partial charge is 0.0182 e. The van der Waals surface area contributed by atoms with Crippen LogP contribution in [-0.4, -0.2) is 5.54 Å². The van der Waals surface area contributed by atoms with Crippen molar-refractivity contribution >= 4 is 0 Å². The maximum absolute atomic E-state index is 6.37. The summed E-state index contributed by atoms with van der Waals surface area (Å²) in [6.45, 7) is 4.79. The van der Waals surface area contributed by atoms with Crippen LogP contribution in [0.2, 0.25) is 0 Å². The van der Waals surface area contributed by atoms with Crippen LogP contribution in [-0.2, 0) is 0 Å². The Balaban J connectivity index is 1.91. The van der Waals surface area contributed by atoms with E-state index in [4.69, 9.17) is 5.73 Å². The molecule has 0 radical (unpaired) electrons. The van der Waals surface area contributed by atoms with Gasteiger partial charge in [-0.25, -0.2) is 0 Å². The van der Waals surface area contributed by atoms with Crippen molar-refractivity contribution < 1.29 is 0 Å². The lowest BCUT2D eigenvalue weighted by Crippen LogP contribution is -2.54. The summed E-state index contributed by atoms with van der Waals surface area (Å²) in [6, 6.07) is 0. The second-order valence-electron chi connectivity index (χ2n) is 6.03. The van der Waals surface area contributed by atoms with Gasteiger partial charge in [0.15, 0.2) is 0 Å². The minimum atomic E-state index is 0.260. The van der Waals surface area contributed by atoms with E-state index in [1.54, 1.807) is 0 Å². The first-order valence-electron chi connectivity index (χ1n) is 5.81. The van der Waals surface area contributed by atoms with E-state index in [1.807, 2.05) is 0 Å². The molecule has 0 bridgehead atoms. The zero-order chi connectivity index (χ0) is 9.53. The largest absolute Gasteiger partial charge is 0.325 e. The van der Waals surface area contributed by atoms with Crippen LogP contribution in [0, 0.1) is 11.3 Å². The van der Waals surface area contributed by atoms with Crippen LogP contribution in [0.3, 0.4) is 0 Å². The van der Waals surface area contributed by atoms with Gasteiger partial charge in [0.25, 0.3) is 0 Å². The van der Waals surface area contributed by atoms with Crippen LogP contribution in [0.4, 0.5) is 0 Å².